The van der Waals surface area contributed by atoms with E-state index in [-0.39, 0.29) is 60.3 Å². The van der Waals surface area contributed by atoms with Gasteiger partial charge in [0.1, 0.15) is 24.5 Å². The molecule has 5 heterocycles. The third-order valence-corrected chi connectivity index (χ3v) is 6.74. The summed E-state index contributed by atoms with van der Waals surface area (Å²) in [6.45, 7) is -1.08. The molecule has 2 aliphatic rings. The number of nitrogens with one attached hydrogen (secondary N) is 1. The van der Waals surface area contributed by atoms with Gasteiger partial charge in [-0.25, -0.2) is 14.3 Å². The molecule has 2 aliphatic heterocycles. The normalized spacial score (nSPS) is 20.8. The van der Waals surface area contributed by atoms with Crippen LogP contribution in [0.25, 0.3) is 11.2 Å². The number of fused-ring (bicyclic) bond motifs is 1. The van der Waals surface area contributed by atoms with Gasteiger partial charge in [0, 0.05) is 6.54 Å². The maximum absolute atomic E-state index is 12.6. The van der Waals surface area contributed by atoms with Crippen molar-refractivity contribution < 1.29 is 42.8 Å². The summed E-state index contributed by atoms with van der Waals surface area (Å²) in [6.07, 6.45) is 1.34. The Kier molecular flexibility index (Phi) is 6.73. The molecule has 19 nitrogen and oxygen atoms in total. The number of hydrogen-bond donors (Lipinski definition) is 7. The van der Waals surface area contributed by atoms with E-state index in [1.54, 1.807) is 4.57 Å². The molecule has 20 heteroatoms. The van der Waals surface area contributed by atoms with E-state index < -0.39 is 38.9 Å². The Labute approximate surface area is 217 Å². The van der Waals surface area contributed by atoms with Crippen molar-refractivity contribution in [2.75, 3.05) is 37.0 Å². The molecule has 0 amide bonds. The number of phosphoric acid groups is 1. The van der Waals surface area contributed by atoms with Gasteiger partial charge in [-0.3, -0.25) is 9.42 Å². The zero-order valence-electron chi connectivity index (χ0n) is 20.0. The van der Waals surface area contributed by atoms with Crippen LogP contribution in [-0.2, 0) is 29.6 Å². The third kappa shape index (κ3) is 5.28. The molecule has 0 bridgehead atoms. The molecular weight excluding hydrogens is 543 g/mol. The van der Waals surface area contributed by atoms with E-state index in [0.29, 0.717) is 11.2 Å². The molecule has 0 aliphatic carbocycles. The highest BCUT2D eigenvalue weighted by Gasteiger charge is 2.38. The van der Waals surface area contributed by atoms with Gasteiger partial charge in [0.15, 0.2) is 28.7 Å². The predicted molar refractivity (Wildman–Crippen MR) is 128 cm³/mol. The number of phosphoric ester groups is 1. The minimum atomic E-state index is -4.79. The molecule has 3 unspecified atom stereocenters. The predicted octanol–water partition coefficient (Wildman–Crippen LogP) is -1.68. The van der Waals surface area contributed by atoms with E-state index in [1.165, 1.54) is 6.33 Å². The number of hydrogen-bond acceptors (Lipinski definition) is 15. The number of nitrogens with zero attached hydrogens (tertiary/aromatic N) is 6. The molecule has 39 heavy (non-hydrogen) atoms. The number of aliphatic hydroxyl groups is 2. The molecule has 0 fully saturated rings. The second kappa shape index (κ2) is 10.0. The van der Waals surface area contributed by atoms with Crippen molar-refractivity contribution in [1.29, 1.82) is 0 Å². The number of rotatable bonds is 9. The lowest BCUT2D eigenvalue weighted by Crippen LogP contribution is -2.55. The van der Waals surface area contributed by atoms with Crippen LogP contribution in [0.5, 0.6) is 0 Å². The van der Waals surface area contributed by atoms with Gasteiger partial charge in [0.2, 0.25) is 18.5 Å². The Bertz CT molecular complexity index is 1600. The molecular formula is C19H24N10O9P+. The van der Waals surface area contributed by atoms with Gasteiger partial charge in [-0.15, -0.1) is 0 Å². The summed E-state index contributed by atoms with van der Waals surface area (Å²) >= 11 is 0. The highest BCUT2D eigenvalue weighted by atomic mass is 31.2. The van der Waals surface area contributed by atoms with E-state index in [1.807, 2.05) is 0 Å². The van der Waals surface area contributed by atoms with Gasteiger partial charge < -0.3 is 46.0 Å². The monoisotopic (exact) mass is 567 g/mol. The first-order valence-electron chi connectivity index (χ1n) is 11.3. The Hall–Kier alpha value is -4.45. The number of aromatic amines is 1. The maximum Gasteiger partial charge on any atom is 0.527 e. The van der Waals surface area contributed by atoms with Crippen LogP contribution in [-0.4, -0.2) is 64.4 Å². The zero-order chi connectivity index (χ0) is 27.9. The number of ether oxygens (including phenoxy) is 2. The molecule has 0 radical (unpaired) electrons. The zero-order valence-corrected chi connectivity index (χ0v) is 20.9. The molecule has 0 aromatic carbocycles. The summed E-state index contributed by atoms with van der Waals surface area (Å²) in [4.78, 5) is 40.5. The maximum atomic E-state index is 12.6. The number of imidazole rings is 1. The van der Waals surface area contributed by atoms with Crippen molar-refractivity contribution in [3.8, 4) is 0 Å². The Morgan fingerprint density at radius 2 is 2.05 bits per heavy atom. The Morgan fingerprint density at radius 1 is 1.26 bits per heavy atom. The molecule has 10 N–H and O–H groups in total. The molecule has 0 saturated carbocycles. The fraction of sp³-hybridized carbons (Fsp3) is 0.368. The number of aromatic nitrogens is 7. The van der Waals surface area contributed by atoms with Crippen LogP contribution in [0.3, 0.4) is 0 Å². The number of nitrogens with two attached hydrogens (primary N) is 3. The highest BCUT2D eigenvalue weighted by molar-refractivity contribution is 7.47. The first-order valence-corrected chi connectivity index (χ1v) is 12.7. The minimum Gasteiger partial charge on any atom is -0.508 e. The van der Waals surface area contributed by atoms with Crippen molar-refractivity contribution in [2.24, 2.45) is 5.92 Å². The summed E-state index contributed by atoms with van der Waals surface area (Å²) in [5.41, 5.74) is 17.0. The first-order chi connectivity index (χ1) is 18.5. The van der Waals surface area contributed by atoms with Crippen LogP contribution in [0.2, 0.25) is 0 Å². The second-order valence-corrected chi connectivity index (χ2v) is 9.81. The van der Waals surface area contributed by atoms with Crippen molar-refractivity contribution in [1.82, 2.24) is 29.5 Å². The minimum absolute atomic E-state index is 0.0353. The van der Waals surface area contributed by atoms with Crippen LogP contribution in [0, 0.1) is 5.92 Å². The molecule has 3 aromatic rings. The van der Waals surface area contributed by atoms with Crippen LogP contribution in [0.15, 0.2) is 40.5 Å². The van der Waals surface area contributed by atoms with E-state index in [0.717, 1.165) is 10.9 Å². The van der Waals surface area contributed by atoms with Crippen LogP contribution < -0.4 is 27.5 Å². The van der Waals surface area contributed by atoms with Gasteiger partial charge in [-0.1, -0.05) is 4.98 Å². The van der Waals surface area contributed by atoms with Gasteiger partial charge in [0.05, 0.1) is 25.3 Å². The summed E-state index contributed by atoms with van der Waals surface area (Å²) in [5.74, 6) is -1.29. The van der Waals surface area contributed by atoms with E-state index in [4.69, 9.17) is 35.7 Å². The van der Waals surface area contributed by atoms with Crippen LogP contribution >= 0.6 is 7.82 Å². The Morgan fingerprint density at radius 3 is 2.79 bits per heavy atom. The van der Waals surface area contributed by atoms with E-state index in [9.17, 15) is 24.5 Å². The number of H-pyrrole nitrogens is 1. The van der Waals surface area contributed by atoms with E-state index in [2.05, 4.69) is 24.9 Å². The highest BCUT2D eigenvalue weighted by Crippen LogP contribution is 2.49. The summed E-state index contributed by atoms with van der Waals surface area (Å²) in [6, 6.07) is 0. The molecule has 208 valence electrons. The first kappa shape index (κ1) is 26.2. The molecule has 3 aromatic heterocycles. The number of nitrogen functional groups attached to an aromatic ring is 3. The van der Waals surface area contributed by atoms with Gasteiger partial charge in [-0.2, -0.15) is 19.5 Å². The number of anilines is 3. The quantitative estimate of drug-likeness (QED) is 0.112. The van der Waals surface area contributed by atoms with Crippen molar-refractivity contribution in [3.63, 3.8) is 0 Å². The van der Waals surface area contributed by atoms with E-state index >= 15 is 0 Å². The average Bonchev–Trinajstić information content (AvgIpc) is 3.56. The second-order valence-electron chi connectivity index (χ2n) is 8.43. The lowest BCUT2D eigenvalue weighted by atomic mass is 10.1. The number of aliphatic hydroxyl groups excluding tert-OH is 2. The largest absolute Gasteiger partial charge is 0.527 e. The van der Waals surface area contributed by atoms with Crippen LogP contribution in [0.1, 0.15) is 12.6 Å². The summed E-state index contributed by atoms with van der Waals surface area (Å²) in [7, 11) is -4.79. The van der Waals surface area contributed by atoms with Gasteiger partial charge in [-0.05, 0) is 0 Å². The molecule has 5 rings (SSSR count). The van der Waals surface area contributed by atoms with Crippen molar-refractivity contribution >= 4 is 36.7 Å². The van der Waals surface area contributed by atoms with Crippen LogP contribution in [0.4, 0.5) is 17.7 Å². The standard InChI is InChI=1S/C19H23N10O9P/c20-15-13-16(26-18(22)25-15)28(6-23-13)2-8-4-35-11(14(8)31)5-36-39(33,34)38-9-1-12(37-10(9)3-30)29-7-24-17(21)27-19(29)32/h6-8,12,30H,1-5H2,(H8,20,21,22,25,26,27,31,32,33,34)/p+1. The lowest BCUT2D eigenvalue weighted by Gasteiger charge is -2.14. The van der Waals surface area contributed by atoms with Crippen molar-refractivity contribution in [3.05, 3.63) is 46.2 Å². The molecule has 3 atom stereocenters. The topological polar surface area (TPSA) is 286 Å². The summed E-state index contributed by atoms with van der Waals surface area (Å²) < 4.78 is 36.3. The SMILES string of the molecule is Nc1nc(N)c2ncn(CC3COC(COP(=O)(O)OC4=C(CO)OC([n+]5cnc(N)[nH]c5=O)C4)=C3O)c2n1. The Balaban J connectivity index is 1.23. The lowest BCUT2D eigenvalue weighted by molar-refractivity contribution is -0.774. The average molecular weight is 567 g/mol. The molecule has 0 saturated heterocycles. The molecule has 0 spiro atoms. The summed E-state index contributed by atoms with van der Waals surface area (Å²) in [5, 5.41) is 20.2. The third-order valence-electron chi connectivity index (χ3n) is 5.83. The fourth-order valence-electron chi connectivity index (χ4n) is 4.00. The smallest absolute Gasteiger partial charge is 0.508 e. The van der Waals surface area contributed by atoms with Gasteiger partial charge in [0.25, 0.3) is 0 Å². The fourth-order valence-corrected chi connectivity index (χ4v) is 4.79. The van der Waals surface area contributed by atoms with Crippen molar-refractivity contribution in [2.45, 2.75) is 19.2 Å². The van der Waals surface area contributed by atoms with Gasteiger partial charge >= 0.3 is 19.5 Å².